The van der Waals surface area contributed by atoms with E-state index in [9.17, 15) is 9.59 Å². The van der Waals surface area contributed by atoms with Crippen LogP contribution < -0.4 is 11.0 Å². The molecule has 1 aromatic carbocycles. The second-order valence-electron chi connectivity index (χ2n) is 6.01. The number of carbonyl (C=O) groups is 1. The molecule has 0 fully saturated rings. The number of nitrogens with one attached hydrogen (secondary N) is 1. The minimum atomic E-state index is -0.515. The summed E-state index contributed by atoms with van der Waals surface area (Å²) in [5.74, 6) is -0.515. The molecule has 0 saturated carbocycles. The predicted molar refractivity (Wildman–Crippen MR) is 105 cm³/mol. The fourth-order valence-electron chi connectivity index (χ4n) is 2.57. The summed E-state index contributed by atoms with van der Waals surface area (Å²) in [5, 5.41) is 5.91. The van der Waals surface area contributed by atoms with Gasteiger partial charge in [0.15, 0.2) is 0 Å². The van der Waals surface area contributed by atoms with E-state index in [1.165, 1.54) is 22.0 Å². The zero-order chi connectivity index (χ0) is 18.5. The number of carbonyl (C=O) groups excluding carboxylic acids is 1. The molecule has 2 aromatic heterocycles. The Balaban J connectivity index is 1.76. The van der Waals surface area contributed by atoms with Crippen molar-refractivity contribution in [3.05, 3.63) is 91.5 Å². The zero-order valence-electron chi connectivity index (χ0n) is 14.6. The Morgan fingerprint density at radius 2 is 2.08 bits per heavy atom. The van der Waals surface area contributed by atoms with Crippen LogP contribution in [0, 0.1) is 13.8 Å². The molecular weight excluding hydrogens is 346 g/mol. The van der Waals surface area contributed by atoms with Crippen LogP contribution in [0.15, 0.2) is 63.9 Å². The summed E-state index contributed by atoms with van der Waals surface area (Å²) in [6.45, 7) is 4.39. The van der Waals surface area contributed by atoms with Gasteiger partial charge in [-0.3, -0.25) is 9.59 Å². The van der Waals surface area contributed by atoms with Crippen LogP contribution in [0.1, 0.15) is 31.9 Å². The van der Waals surface area contributed by atoms with Crippen molar-refractivity contribution in [3.8, 4) is 0 Å². The Bertz CT molecular complexity index is 1020. The molecule has 0 aliphatic rings. The summed E-state index contributed by atoms with van der Waals surface area (Å²) < 4.78 is 1.52. The van der Waals surface area contributed by atoms with Crippen LogP contribution in [-0.2, 0) is 6.54 Å². The molecule has 0 spiro atoms. The summed E-state index contributed by atoms with van der Waals surface area (Å²) in [6, 6.07) is 13.1. The molecular formula is C20H19N3O2S. The molecule has 132 valence electrons. The summed E-state index contributed by atoms with van der Waals surface area (Å²) in [7, 11) is 0. The van der Waals surface area contributed by atoms with Gasteiger partial charge in [-0.15, -0.1) is 11.3 Å². The highest BCUT2D eigenvalue weighted by Crippen LogP contribution is 2.12. The Kier molecular flexibility index (Phi) is 5.43. The first kappa shape index (κ1) is 17.8. The van der Waals surface area contributed by atoms with E-state index < -0.39 is 5.91 Å². The third kappa shape index (κ3) is 4.15. The molecule has 3 aromatic rings. The fraction of sp³-hybridized carbons (Fsp3) is 0.150. The average molecular weight is 365 g/mol. The van der Waals surface area contributed by atoms with E-state index in [0.29, 0.717) is 6.54 Å². The molecule has 2 heterocycles. The molecule has 6 heteroatoms. The molecule has 0 saturated heterocycles. The van der Waals surface area contributed by atoms with Gasteiger partial charge in [-0.1, -0.05) is 29.8 Å². The number of aromatic nitrogens is 1. The molecule has 0 unspecified atom stereocenters. The van der Waals surface area contributed by atoms with Crippen LogP contribution in [0.2, 0.25) is 0 Å². The lowest BCUT2D eigenvalue weighted by Gasteiger charge is -2.08. The normalized spacial score (nSPS) is 11.0. The number of aryl methyl sites for hydroxylation is 2. The third-order valence-electron chi connectivity index (χ3n) is 3.95. The van der Waals surface area contributed by atoms with Gasteiger partial charge >= 0.3 is 0 Å². The predicted octanol–water partition coefficient (Wildman–Crippen LogP) is 3.34. The standard InChI is InChI=1S/C20H19N3O2S/c1-14-5-3-6-16(11-14)13-23-9-4-7-17(20(23)25)19(24)22-21-12-18-15(2)8-10-26-18/h3-12H,13H2,1-2H3,(H,22,24)/b21-12-. The first-order valence-corrected chi connectivity index (χ1v) is 9.05. The van der Waals surface area contributed by atoms with Crippen molar-refractivity contribution >= 4 is 23.5 Å². The minimum Gasteiger partial charge on any atom is -0.310 e. The highest BCUT2D eigenvalue weighted by atomic mass is 32.1. The van der Waals surface area contributed by atoms with E-state index in [1.807, 2.05) is 49.6 Å². The number of hydrazone groups is 1. The number of hydrogen-bond acceptors (Lipinski definition) is 4. The van der Waals surface area contributed by atoms with Crippen molar-refractivity contribution in [2.24, 2.45) is 5.10 Å². The van der Waals surface area contributed by atoms with Gasteiger partial charge in [0.2, 0.25) is 0 Å². The van der Waals surface area contributed by atoms with Crippen LogP contribution in [0.3, 0.4) is 0 Å². The molecule has 0 aliphatic carbocycles. The Morgan fingerprint density at radius 3 is 2.81 bits per heavy atom. The summed E-state index contributed by atoms with van der Waals surface area (Å²) in [5.41, 5.74) is 5.39. The number of rotatable bonds is 5. The highest BCUT2D eigenvalue weighted by Gasteiger charge is 2.11. The molecule has 26 heavy (non-hydrogen) atoms. The molecule has 3 rings (SSSR count). The Hall–Kier alpha value is -2.99. The van der Waals surface area contributed by atoms with Crippen LogP contribution in [0.25, 0.3) is 0 Å². The Labute approximate surface area is 155 Å². The van der Waals surface area contributed by atoms with Gasteiger partial charge in [0.25, 0.3) is 11.5 Å². The van der Waals surface area contributed by atoms with Crippen molar-refractivity contribution in [1.82, 2.24) is 9.99 Å². The average Bonchev–Trinajstić information content (AvgIpc) is 3.02. The molecule has 0 atom stereocenters. The SMILES string of the molecule is Cc1cccc(Cn2cccc(C(=O)N/N=C\c3sccc3C)c2=O)c1. The summed E-state index contributed by atoms with van der Waals surface area (Å²) >= 11 is 1.54. The maximum absolute atomic E-state index is 12.6. The maximum Gasteiger partial charge on any atom is 0.276 e. The van der Waals surface area contributed by atoms with Crippen molar-refractivity contribution < 1.29 is 4.79 Å². The number of benzene rings is 1. The third-order valence-corrected chi connectivity index (χ3v) is 4.90. The number of pyridine rings is 1. The van der Waals surface area contributed by atoms with Gasteiger partial charge in [0.1, 0.15) is 5.56 Å². The van der Waals surface area contributed by atoms with Crippen molar-refractivity contribution in [2.75, 3.05) is 0 Å². The van der Waals surface area contributed by atoms with Crippen LogP contribution in [-0.4, -0.2) is 16.7 Å². The molecule has 0 radical (unpaired) electrons. The van der Waals surface area contributed by atoms with Gasteiger partial charge < -0.3 is 4.57 Å². The molecule has 1 N–H and O–H groups in total. The van der Waals surface area contributed by atoms with E-state index in [-0.39, 0.29) is 11.1 Å². The molecule has 5 nitrogen and oxygen atoms in total. The van der Waals surface area contributed by atoms with E-state index in [4.69, 9.17) is 0 Å². The van der Waals surface area contributed by atoms with Gasteiger partial charge in [0, 0.05) is 11.1 Å². The van der Waals surface area contributed by atoms with Crippen LogP contribution in [0.4, 0.5) is 0 Å². The molecule has 1 amide bonds. The van der Waals surface area contributed by atoms with E-state index in [1.54, 1.807) is 18.5 Å². The van der Waals surface area contributed by atoms with Crippen molar-refractivity contribution in [1.29, 1.82) is 0 Å². The minimum absolute atomic E-state index is 0.0696. The van der Waals surface area contributed by atoms with E-state index >= 15 is 0 Å². The van der Waals surface area contributed by atoms with E-state index in [2.05, 4.69) is 10.5 Å². The van der Waals surface area contributed by atoms with Crippen LogP contribution in [0.5, 0.6) is 0 Å². The smallest absolute Gasteiger partial charge is 0.276 e. The zero-order valence-corrected chi connectivity index (χ0v) is 15.4. The van der Waals surface area contributed by atoms with Gasteiger partial charge in [-0.2, -0.15) is 5.10 Å². The lowest BCUT2D eigenvalue weighted by Crippen LogP contribution is -2.30. The second kappa shape index (κ2) is 7.93. The lowest BCUT2D eigenvalue weighted by molar-refractivity contribution is 0.0953. The Morgan fingerprint density at radius 1 is 1.23 bits per heavy atom. The molecule has 0 aliphatic heterocycles. The topological polar surface area (TPSA) is 63.5 Å². The number of amides is 1. The summed E-state index contributed by atoms with van der Waals surface area (Å²) in [6.07, 6.45) is 3.27. The van der Waals surface area contributed by atoms with Crippen LogP contribution >= 0.6 is 11.3 Å². The van der Waals surface area contributed by atoms with E-state index in [0.717, 1.165) is 21.6 Å². The molecule has 0 bridgehead atoms. The first-order valence-electron chi connectivity index (χ1n) is 8.17. The summed E-state index contributed by atoms with van der Waals surface area (Å²) in [4.78, 5) is 25.9. The van der Waals surface area contributed by atoms with Gasteiger partial charge in [-0.05, 0) is 48.6 Å². The first-order chi connectivity index (χ1) is 12.5. The highest BCUT2D eigenvalue weighted by molar-refractivity contribution is 7.11. The maximum atomic E-state index is 12.6. The number of nitrogens with zero attached hydrogens (tertiary/aromatic N) is 2. The number of hydrogen-bond donors (Lipinski definition) is 1. The fourth-order valence-corrected chi connectivity index (χ4v) is 3.35. The lowest BCUT2D eigenvalue weighted by atomic mass is 10.1. The van der Waals surface area contributed by atoms with Gasteiger partial charge in [-0.25, -0.2) is 5.43 Å². The second-order valence-corrected chi connectivity index (χ2v) is 6.96. The van der Waals surface area contributed by atoms with Crippen molar-refractivity contribution in [2.45, 2.75) is 20.4 Å². The quantitative estimate of drug-likeness (QED) is 0.557. The number of thiophene rings is 1. The van der Waals surface area contributed by atoms with Crippen molar-refractivity contribution in [3.63, 3.8) is 0 Å². The van der Waals surface area contributed by atoms with Gasteiger partial charge in [0.05, 0.1) is 12.8 Å². The monoisotopic (exact) mass is 365 g/mol. The largest absolute Gasteiger partial charge is 0.310 e.